The number of aryl methyl sites for hydroxylation is 2. The Hall–Kier alpha value is -1.04. The molecule has 1 radical (unpaired) electrons. The van der Waals surface area contributed by atoms with Crippen LogP contribution < -0.4 is 0 Å². The lowest BCUT2D eigenvalue weighted by atomic mass is 9.93. The predicted molar refractivity (Wildman–Crippen MR) is 78.6 cm³/mol. The summed E-state index contributed by atoms with van der Waals surface area (Å²) in [6, 6.07) is 4.89. The van der Waals surface area contributed by atoms with Crippen LogP contribution in [-0.4, -0.2) is 0 Å². The van der Waals surface area contributed by atoms with Crippen molar-refractivity contribution in [2.45, 2.75) is 57.8 Å². The summed E-state index contributed by atoms with van der Waals surface area (Å²) in [7, 11) is 0. The van der Waals surface area contributed by atoms with Gasteiger partial charge in [0.25, 0.3) is 0 Å². The largest absolute Gasteiger partial charge is 0.0755 e. The zero-order valence-corrected chi connectivity index (χ0v) is 11.3. The van der Waals surface area contributed by atoms with E-state index in [9.17, 15) is 0 Å². The highest BCUT2D eigenvalue weighted by Crippen LogP contribution is 2.28. The van der Waals surface area contributed by atoms with Crippen LogP contribution in [-0.2, 0) is 12.8 Å². The van der Waals surface area contributed by atoms with E-state index < -0.39 is 0 Å². The van der Waals surface area contributed by atoms with Gasteiger partial charge in [-0.3, -0.25) is 0 Å². The van der Waals surface area contributed by atoms with Crippen LogP contribution in [0, 0.1) is 6.42 Å². The molecule has 0 heterocycles. The van der Waals surface area contributed by atoms with Crippen molar-refractivity contribution >= 4 is 6.08 Å². The van der Waals surface area contributed by atoms with Crippen LogP contribution in [0.5, 0.6) is 0 Å². The lowest BCUT2D eigenvalue weighted by molar-refractivity contribution is 0.587. The monoisotopic (exact) mass is 239 g/mol. The Labute approximate surface area is 111 Å². The van der Waals surface area contributed by atoms with Gasteiger partial charge in [-0.05, 0) is 47.9 Å². The average molecular weight is 239 g/mol. The highest BCUT2D eigenvalue weighted by molar-refractivity contribution is 5.66. The number of hydrogen-bond donors (Lipinski definition) is 0. The molecule has 0 heteroatoms. The SMILES string of the molecule is [CH]1C=Cc2cc3c(cc21)CCCCCCCCC3. The second-order valence-electron chi connectivity index (χ2n) is 5.75. The van der Waals surface area contributed by atoms with Gasteiger partial charge in [0, 0.05) is 6.42 Å². The Balaban J connectivity index is 1.84. The number of rotatable bonds is 0. The Kier molecular flexibility index (Phi) is 3.83. The minimum atomic E-state index is 1.29. The Morgan fingerprint density at radius 1 is 0.611 bits per heavy atom. The maximum Gasteiger partial charge on any atom is 0.0131 e. The zero-order chi connectivity index (χ0) is 12.2. The molecular formula is C18H23. The standard InChI is InChI=1S/C18H23/c1-2-4-6-9-15-13-17-11-8-12-18(17)14-16(15)10-7-5-3-1/h8,11-14H,1-7,9-10H2. The molecule has 1 aromatic carbocycles. The Bertz CT molecular complexity index is 440. The van der Waals surface area contributed by atoms with E-state index in [1.54, 1.807) is 11.1 Å². The van der Waals surface area contributed by atoms with E-state index in [0.29, 0.717) is 0 Å². The molecule has 0 atom stereocenters. The molecule has 0 bridgehead atoms. The molecule has 0 unspecified atom stereocenters. The topological polar surface area (TPSA) is 0 Å². The summed E-state index contributed by atoms with van der Waals surface area (Å²) in [5.41, 5.74) is 6.11. The van der Waals surface area contributed by atoms with Crippen molar-refractivity contribution in [3.8, 4) is 0 Å². The molecule has 18 heavy (non-hydrogen) atoms. The summed E-state index contributed by atoms with van der Waals surface area (Å²) in [4.78, 5) is 0. The molecule has 1 aromatic rings. The lowest BCUT2D eigenvalue weighted by Gasteiger charge is -2.12. The summed E-state index contributed by atoms with van der Waals surface area (Å²) >= 11 is 0. The molecular weight excluding hydrogens is 216 g/mol. The normalized spacial score (nSPS) is 20.0. The summed E-state index contributed by atoms with van der Waals surface area (Å²) in [6.07, 6.45) is 19.2. The van der Waals surface area contributed by atoms with E-state index in [2.05, 4.69) is 30.7 Å². The minimum absolute atomic E-state index is 1.29. The molecule has 2 aliphatic carbocycles. The fourth-order valence-electron chi connectivity index (χ4n) is 3.25. The van der Waals surface area contributed by atoms with Gasteiger partial charge in [0.05, 0.1) is 0 Å². The van der Waals surface area contributed by atoms with Crippen LogP contribution in [0.1, 0.15) is 67.2 Å². The van der Waals surface area contributed by atoms with Crippen molar-refractivity contribution < 1.29 is 0 Å². The Morgan fingerprint density at radius 2 is 1.17 bits per heavy atom. The highest BCUT2D eigenvalue weighted by Gasteiger charge is 2.11. The average Bonchev–Trinajstić information content (AvgIpc) is 2.80. The van der Waals surface area contributed by atoms with Crippen LogP contribution in [0.15, 0.2) is 18.2 Å². The van der Waals surface area contributed by atoms with Crippen molar-refractivity contribution in [3.63, 3.8) is 0 Å². The first-order valence-corrected chi connectivity index (χ1v) is 7.61. The smallest absolute Gasteiger partial charge is 0.0131 e. The van der Waals surface area contributed by atoms with E-state index in [1.165, 1.54) is 68.9 Å². The third kappa shape index (κ3) is 2.68. The molecule has 0 aliphatic heterocycles. The molecule has 0 spiro atoms. The van der Waals surface area contributed by atoms with Crippen LogP contribution in [0.2, 0.25) is 0 Å². The van der Waals surface area contributed by atoms with E-state index in [-0.39, 0.29) is 0 Å². The van der Waals surface area contributed by atoms with Gasteiger partial charge in [-0.15, -0.1) is 0 Å². The summed E-state index contributed by atoms with van der Waals surface area (Å²) in [6.45, 7) is 0. The fourth-order valence-corrected chi connectivity index (χ4v) is 3.25. The number of benzene rings is 1. The van der Waals surface area contributed by atoms with Gasteiger partial charge in [-0.1, -0.05) is 56.4 Å². The maximum absolute atomic E-state index is 2.45. The molecule has 0 N–H and O–H groups in total. The minimum Gasteiger partial charge on any atom is -0.0755 e. The maximum atomic E-state index is 2.45. The second-order valence-corrected chi connectivity index (χ2v) is 5.75. The third-order valence-electron chi connectivity index (χ3n) is 4.35. The van der Waals surface area contributed by atoms with Gasteiger partial charge in [0.2, 0.25) is 0 Å². The van der Waals surface area contributed by atoms with E-state index >= 15 is 0 Å². The van der Waals surface area contributed by atoms with Crippen LogP contribution in [0.4, 0.5) is 0 Å². The van der Waals surface area contributed by atoms with Crippen LogP contribution in [0.25, 0.3) is 6.08 Å². The van der Waals surface area contributed by atoms with Crippen molar-refractivity contribution in [1.82, 2.24) is 0 Å². The van der Waals surface area contributed by atoms with E-state index in [4.69, 9.17) is 0 Å². The van der Waals surface area contributed by atoms with Crippen molar-refractivity contribution in [1.29, 1.82) is 0 Å². The number of fused-ring (bicyclic) bond motifs is 2. The van der Waals surface area contributed by atoms with Gasteiger partial charge >= 0.3 is 0 Å². The first kappa shape index (κ1) is 12.0. The van der Waals surface area contributed by atoms with Gasteiger partial charge < -0.3 is 0 Å². The molecule has 0 amide bonds. The zero-order valence-electron chi connectivity index (χ0n) is 11.3. The van der Waals surface area contributed by atoms with Crippen molar-refractivity contribution in [3.05, 3.63) is 46.9 Å². The Morgan fingerprint density at radius 3 is 1.83 bits per heavy atom. The first-order valence-electron chi connectivity index (χ1n) is 7.61. The number of allylic oxidation sites excluding steroid dienone is 1. The third-order valence-corrected chi connectivity index (χ3v) is 4.35. The molecule has 0 aromatic heterocycles. The molecule has 2 aliphatic rings. The second kappa shape index (κ2) is 5.73. The van der Waals surface area contributed by atoms with Crippen molar-refractivity contribution in [2.24, 2.45) is 0 Å². The van der Waals surface area contributed by atoms with Crippen LogP contribution in [0.3, 0.4) is 0 Å². The first-order chi connectivity index (χ1) is 8.93. The molecule has 3 rings (SSSR count). The van der Waals surface area contributed by atoms with E-state index in [1.807, 2.05) is 0 Å². The number of hydrogen-bond acceptors (Lipinski definition) is 0. The molecule has 0 nitrogen and oxygen atoms in total. The van der Waals surface area contributed by atoms with Gasteiger partial charge in [-0.2, -0.15) is 0 Å². The summed E-state index contributed by atoms with van der Waals surface area (Å²) < 4.78 is 0. The molecule has 95 valence electrons. The quantitative estimate of drug-likeness (QED) is 0.591. The highest BCUT2D eigenvalue weighted by atomic mass is 14.2. The fraction of sp³-hybridized carbons (Fsp3) is 0.500. The molecule has 0 saturated carbocycles. The summed E-state index contributed by atoms with van der Waals surface area (Å²) in [5, 5.41) is 0. The van der Waals surface area contributed by atoms with Gasteiger partial charge in [0.1, 0.15) is 0 Å². The van der Waals surface area contributed by atoms with Gasteiger partial charge in [0.15, 0.2) is 0 Å². The molecule has 0 fully saturated rings. The molecule has 0 saturated heterocycles. The summed E-state index contributed by atoms with van der Waals surface area (Å²) in [5.74, 6) is 0. The van der Waals surface area contributed by atoms with Crippen LogP contribution >= 0.6 is 0 Å². The predicted octanol–water partition coefficient (Wildman–Crippen LogP) is 5.10. The van der Waals surface area contributed by atoms with E-state index in [0.717, 1.165) is 0 Å². The van der Waals surface area contributed by atoms with Crippen molar-refractivity contribution in [2.75, 3.05) is 0 Å². The van der Waals surface area contributed by atoms with Gasteiger partial charge in [-0.25, -0.2) is 0 Å². The lowest BCUT2D eigenvalue weighted by Crippen LogP contribution is -1.98.